The maximum absolute atomic E-state index is 13.0. The van der Waals surface area contributed by atoms with Crippen molar-refractivity contribution >= 4 is 11.7 Å². The van der Waals surface area contributed by atoms with Gasteiger partial charge in [-0.3, -0.25) is 0 Å². The predicted octanol–water partition coefficient (Wildman–Crippen LogP) is 2.45. The maximum Gasteiger partial charge on any atom is 0.320 e. The molecule has 96 valence electrons. The zero-order valence-electron chi connectivity index (χ0n) is 10.1. The van der Waals surface area contributed by atoms with Crippen LogP contribution in [0, 0.1) is 5.82 Å². The number of anilines is 2. The fraction of sp³-hybridized carbons (Fsp3) is 0.333. The molecule has 2 rings (SSSR count). The Kier molecular flexibility index (Phi) is 4.25. The maximum atomic E-state index is 13.0. The molecule has 0 unspecified atom stereocenters. The van der Waals surface area contributed by atoms with E-state index in [1.54, 1.807) is 12.1 Å². The molecule has 0 amide bonds. The second-order valence-electron chi connectivity index (χ2n) is 3.81. The summed E-state index contributed by atoms with van der Waals surface area (Å²) in [6.07, 6.45) is 1.04. The number of hydrogen-bond donors (Lipinski definition) is 2. The molecular weight excluding hydrogens is 235 g/mol. The van der Waals surface area contributed by atoms with Crippen LogP contribution in [0.2, 0.25) is 0 Å². The van der Waals surface area contributed by atoms with Gasteiger partial charge in [0.15, 0.2) is 0 Å². The van der Waals surface area contributed by atoms with E-state index >= 15 is 0 Å². The first-order valence-electron chi connectivity index (χ1n) is 5.83. The SMILES string of the molecule is CCCNCc1nnc(Nc2cccc(F)c2)o1. The molecule has 0 aliphatic rings. The van der Waals surface area contributed by atoms with Crippen molar-refractivity contribution in [1.29, 1.82) is 0 Å². The van der Waals surface area contributed by atoms with Crippen molar-refractivity contribution < 1.29 is 8.81 Å². The fourth-order valence-corrected chi connectivity index (χ4v) is 1.44. The van der Waals surface area contributed by atoms with Gasteiger partial charge in [0.2, 0.25) is 5.89 Å². The molecule has 0 saturated carbocycles. The van der Waals surface area contributed by atoms with E-state index in [9.17, 15) is 4.39 Å². The summed E-state index contributed by atoms with van der Waals surface area (Å²) in [6, 6.07) is 6.33. The Balaban J connectivity index is 1.94. The highest BCUT2D eigenvalue weighted by molar-refractivity contribution is 5.51. The Labute approximate surface area is 104 Å². The molecule has 0 aliphatic carbocycles. The van der Waals surface area contributed by atoms with E-state index in [1.807, 2.05) is 0 Å². The molecule has 6 heteroatoms. The van der Waals surface area contributed by atoms with E-state index in [-0.39, 0.29) is 11.8 Å². The van der Waals surface area contributed by atoms with Crippen molar-refractivity contribution in [3.63, 3.8) is 0 Å². The van der Waals surface area contributed by atoms with Gasteiger partial charge in [0.25, 0.3) is 0 Å². The summed E-state index contributed by atoms with van der Waals surface area (Å²) in [4.78, 5) is 0. The van der Waals surface area contributed by atoms with Gasteiger partial charge in [-0.15, -0.1) is 5.10 Å². The number of nitrogens with zero attached hydrogens (tertiary/aromatic N) is 2. The van der Waals surface area contributed by atoms with Crippen molar-refractivity contribution in [2.75, 3.05) is 11.9 Å². The highest BCUT2D eigenvalue weighted by Gasteiger charge is 2.05. The van der Waals surface area contributed by atoms with Crippen LogP contribution < -0.4 is 10.6 Å². The van der Waals surface area contributed by atoms with Crippen LogP contribution in [0.5, 0.6) is 0 Å². The first kappa shape index (κ1) is 12.5. The van der Waals surface area contributed by atoms with Crippen LogP contribution in [0.15, 0.2) is 28.7 Å². The monoisotopic (exact) mass is 250 g/mol. The smallest absolute Gasteiger partial charge is 0.320 e. The molecule has 1 aromatic heterocycles. The molecule has 1 aromatic carbocycles. The minimum absolute atomic E-state index is 0.258. The van der Waals surface area contributed by atoms with Gasteiger partial charge in [0.05, 0.1) is 6.54 Å². The third kappa shape index (κ3) is 3.53. The summed E-state index contributed by atoms with van der Waals surface area (Å²) in [6.45, 7) is 3.51. The van der Waals surface area contributed by atoms with Crippen LogP contribution in [0.4, 0.5) is 16.1 Å². The Morgan fingerprint density at radius 3 is 3.00 bits per heavy atom. The molecule has 2 aromatic rings. The molecule has 1 heterocycles. The quantitative estimate of drug-likeness (QED) is 0.771. The molecule has 0 atom stereocenters. The standard InChI is InChI=1S/C12H15FN4O/c1-2-6-14-8-11-16-17-12(18-11)15-10-5-3-4-9(13)7-10/h3-5,7,14H,2,6,8H2,1H3,(H,15,17). The van der Waals surface area contributed by atoms with Gasteiger partial charge in [-0.25, -0.2) is 4.39 Å². The summed E-state index contributed by atoms with van der Waals surface area (Å²) in [5.41, 5.74) is 0.576. The molecular formula is C12H15FN4O. The molecule has 0 fully saturated rings. The summed E-state index contributed by atoms with van der Waals surface area (Å²) in [5, 5.41) is 13.7. The lowest BCUT2D eigenvalue weighted by molar-refractivity contribution is 0.479. The minimum atomic E-state index is -0.315. The van der Waals surface area contributed by atoms with Gasteiger partial charge in [0, 0.05) is 5.69 Å². The van der Waals surface area contributed by atoms with E-state index in [0.717, 1.165) is 13.0 Å². The molecule has 2 N–H and O–H groups in total. The van der Waals surface area contributed by atoms with Crippen LogP contribution in [0.25, 0.3) is 0 Å². The number of nitrogens with one attached hydrogen (secondary N) is 2. The van der Waals surface area contributed by atoms with Crippen LogP contribution >= 0.6 is 0 Å². The van der Waals surface area contributed by atoms with E-state index in [2.05, 4.69) is 27.8 Å². The summed E-state index contributed by atoms with van der Waals surface area (Å²) in [5.74, 6) is 0.187. The molecule has 0 radical (unpaired) electrons. The third-order valence-electron chi connectivity index (χ3n) is 2.25. The Morgan fingerprint density at radius 2 is 2.22 bits per heavy atom. The predicted molar refractivity (Wildman–Crippen MR) is 66.0 cm³/mol. The van der Waals surface area contributed by atoms with Gasteiger partial charge in [0.1, 0.15) is 5.82 Å². The molecule has 0 saturated heterocycles. The van der Waals surface area contributed by atoms with Gasteiger partial charge in [-0.2, -0.15) is 0 Å². The van der Waals surface area contributed by atoms with Gasteiger partial charge < -0.3 is 15.1 Å². The lowest BCUT2D eigenvalue weighted by atomic mass is 10.3. The first-order valence-corrected chi connectivity index (χ1v) is 5.83. The second-order valence-corrected chi connectivity index (χ2v) is 3.81. The molecule has 0 aliphatic heterocycles. The number of hydrogen-bond acceptors (Lipinski definition) is 5. The van der Waals surface area contributed by atoms with Crippen LogP contribution in [-0.4, -0.2) is 16.7 Å². The van der Waals surface area contributed by atoms with E-state index in [4.69, 9.17) is 4.42 Å². The summed E-state index contributed by atoms with van der Waals surface area (Å²) < 4.78 is 18.3. The summed E-state index contributed by atoms with van der Waals surface area (Å²) in [7, 11) is 0. The number of rotatable bonds is 6. The van der Waals surface area contributed by atoms with Crippen molar-refractivity contribution in [3.8, 4) is 0 Å². The van der Waals surface area contributed by atoms with E-state index < -0.39 is 0 Å². The average molecular weight is 250 g/mol. The summed E-state index contributed by atoms with van der Waals surface area (Å²) >= 11 is 0. The average Bonchev–Trinajstić information content (AvgIpc) is 2.77. The Hall–Kier alpha value is -1.95. The van der Waals surface area contributed by atoms with Gasteiger partial charge in [-0.05, 0) is 31.2 Å². The lowest BCUT2D eigenvalue weighted by Crippen LogP contribution is -2.13. The van der Waals surface area contributed by atoms with Crippen LogP contribution in [0.1, 0.15) is 19.2 Å². The normalized spacial score (nSPS) is 10.6. The lowest BCUT2D eigenvalue weighted by Gasteiger charge is -2.00. The van der Waals surface area contributed by atoms with Crippen molar-refractivity contribution in [1.82, 2.24) is 15.5 Å². The minimum Gasteiger partial charge on any atom is -0.406 e. The topological polar surface area (TPSA) is 63.0 Å². The van der Waals surface area contributed by atoms with Crippen molar-refractivity contribution in [3.05, 3.63) is 36.0 Å². The largest absolute Gasteiger partial charge is 0.406 e. The van der Waals surface area contributed by atoms with Crippen molar-refractivity contribution in [2.24, 2.45) is 0 Å². The fourth-order valence-electron chi connectivity index (χ4n) is 1.44. The number of aromatic nitrogens is 2. The second kappa shape index (κ2) is 6.11. The van der Waals surface area contributed by atoms with E-state index in [0.29, 0.717) is 18.1 Å². The van der Waals surface area contributed by atoms with Crippen molar-refractivity contribution in [2.45, 2.75) is 19.9 Å². The molecule has 0 spiro atoms. The van der Waals surface area contributed by atoms with Gasteiger partial charge >= 0.3 is 6.01 Å². The molecule has 18 heavy (non-hydrogen) atoms. The molecule has 5 nitrogen and oxygen atoms in total. The highest BCUT2D eigenvalue weighted by atomic mass is 19.1. The molecule has 0 bridgehead atoms. The first-order chi connectivity index (χ1) is 8.78. The zero-order chi connectivity index (χ0) is 12.8. The number of halogens is 1. The van der Waals surface area contributed by atoms with Gasteiger partial charge in [-0.1, -0.05) is 18.1 Å². The van der Waals surface area contributed by atoms with E-state index in [1.165, 1.54) is 12.1 Å². The number of benzene rings is 1. The Morgan fingerprint density at radius 1 is 1.33 bits per heavy atom. The van der Waals surface area contributed by atoms with Crippen LogP contribution in [-0.2, 0) is 6.54 Å². The zero-order valence-corrected chi connectivity index (χ0v) is 10.1. The highest BCUT2D eigenvalue weighted by Crippen LogP contribution is 2.15. The third-order valence-corrected chi connectivity index (χ3v) is 2.25. The van der Waals surface area contributed by atoms with Crippen LogP contribution in [0.3, 0.4) is 0 Å². The Bertz CT molecular complexity index is 500.